The van der Waals surface area contributed by atoms with Crippen LogP contribution in [0.1, 0.15) is 26.2 Å². The predicted molar refractivity (Wildman–Crippen MR) is 104 cm³/mol. The molecule has 1 aromatic rings. The van der Waals surface area contributed by atoms with Crippen LogP contribution < -0.4 is 0 Å². The highest BCUT2D eigenvalue weighted by Gasteiger charge is 2.34. The minimum Gasteiger partial charge on any atom is -0.384 e. The highest BCUT2D eigenvalue weighted by atomic mass is 32.2. The lowest BCUT2D eigenvalue weighted by Gasteiger charge is -2.29. The summed E-state index contributed by atoms with van der Waals surface area (Å²) >= 11 is 0. The Morgan fingerprint density at radius 2 is 1.81 bits per heavy atom. The van der Waals surface area contributed by atoms with Crippen LogP contribution in [0.2, 0.25) is 0 Å². The second-order valence-electron chi connectivity index (χ2n) is 6.79. The van der Waals surface area contributed by atoms with Gasteiger partial charge in [0.05, 0.1) is 23.0 Å². The molecule has 0 saturated heterocycles. The summed E-state index contributed by atoms with van der Waals surface area (Å²) in [7, 11) is -0.400. The molecule has 2 rings (SSSR count). The van der Waals surface area contributed by atoms with Crippen molar-refractivity contribution < 1.29 is 17.9 Å². The Kier molecular flexibility index (Phi) is 7.42. The molecule has 26 heavy (non-hydrogen) atoms. The van der Waals surface area contributed by atoms with Gasteiger partial charge >= 0.3 is 0 Å². The molecular formula is C21H28O4S. The van der Waals surface area contributed by atoms with Crippen LogP contribution in [0.5, 0.6) is 0 Å². The summed E-state index contributed by atoms with van der Waals surface area (Å²) < 4.78 is 37.2. The number of hydrogen-bond acceptors (Lipinski definition) is 4. The molecule has 0 aliphatic heterocycles. The van der Waals surface area contributed by atoms with E-state index in [1.54, 1.807) is 38.5 Å². The maximum Gasteiger partial charge on any atom is 0.210 e. The van der Waals surface area contributed by atoms with E-state index in [1.165, 1.54) is 0 Å². The van der Waals surface area contributed by atoms with E-state index in [0.717, 1.165) is 12.8 Å². The summed E-state index contributed by atoms with van der Waals surface area (Å²) in [5, 5.41) is 0. The molecule has 0 N–H and O–H groups in total. The number of sulfone groups is 1. The van der Waals surface area contributed by atoms with Gasteiger partial charge in [0.1, 0.15) is 0 Å². The number of benzene rings is 1. The van der Waals surface area contributed by atoms with Crippen molar-refractivity contribution in [3.8, 4) is 0 Å². The van der Waals surface area contributed by atoms with Gasteiger partial charge in [0.25, 0.3) is 0 Å². The van der Waals surface area contributed by atoms with E-state index in [1.807, 2.05) is 31.2 Å². The van der Waals surface area contributed by atoms with E-state index in [2.05, 4.69) is 5.73 Å². The van der Waals surface area contributed by atoms with Crippen LogP contribution in [-0.2, 0) is 19.3 Å². The summed E-state index contributed by atoms with van der Waals surface area (Å²) in [5.41, 5.74) is 2.55. The molecule has 0 aromatic heterocycles. The zero-order valence-corrected chi connectivity index (χ0v) is 16.6. The lowest BCUT2D eigenvalue weighted by molar-refractivity contribution is 0.0417. The molecule has 0 amide bonds. The summed E-state index contributed by atoms with van der Waals surface area (Å²) in [6.07, 6.45) is 8.26. The van der Waals surface area contributed by atoms with Crippen molar-refractivity contribution in [2.45, 2.75) is 31.1 Å². The molecule has 1 saturated carbocycles. The Morgan fingerprint density at radius 3 is 2.31 bits per heavy atom. The van der Waals surface area contributed by atoms with Gasteiger partial charge in [-0.1, -0.05) is 30.4 Å². The SMILES string of the molecule is C/C=C/C(COC)(COC)CC(=C=CC1CC1)S(=O)(=O)c1ccccc1. The standard InChI is InChI=1S/C21H28O4S/c1-4-14-21(16-24-2,17-25-3)15-20(13-12-18-10-11-18)26(22,23)19-8-6-5-7-9-19/h4-9,12,14,18H,10-11,15-17H2,1-3H3/b14-4+. The number of methoxy groups -OCH3 is 2. The Morgan fingerprint density at radius 1 is 1.19 bits per heavy atom. The molecule has 1 aromatic carbocycles. The second-order valence-corrected chi connectivity index (χ2v) is 8.76. The lowest BCUT2D eigenvalue weighted by Crippen LogP contribution is -2.31. The first kappa shape index (κ1) is 20.7. The molecule has 0 radical (unpaired) electrons. The molecular weight excluding hydrogens is 348 g/mol. The van der Waals surface area contributed by atoms with Crippen LogP contribution in [-0.4, -0.2) is 35.9 Å². The fraction of sp³-hybridized carbons (Fsp3) is 0.476. The van der Waals surface area contributed by atoms with Gasteiger partial charge in [-0.25, -0.2) is 8.42 Å². The number of rotatable bonds is 10. The van der Waals surface area contributed by atoms with Crippen LogP contribution in [0, 0.1) is 11.3 Å². The molecule has 0 unspecified atom stereocenters. The minimum atomic E-state index is -3.63. The Labute approximate surface area is 157 Å². The topological polar surface area (TPSA) is 52.6 Å². The van der Waals surface area contributed by atoms with Crippen LogP contribution in [0.15, 0.2) is 64.1 Å². The third-order valence-electron chi connectivity index (χ3n) is 4.38. The summed E-state index contributed by atoms with van der Waals surface area (Å²) in [6.45, 7) is 2.64. The third-order valence-corrected chi connectivity index (χ3v) is 6.18. The first-order chi connectivity index (χ1) is 12.5. The molecule has 0 heterocycles. The van der Waals surface area contributed by atoms with Gasteiger partial charge in [-0.2, -0.15) is 0 Å². The molecule has 0 spiro atoms. The van der Waals surface area contributed by atoms with E-state index in [9.17, 15) is 8.42 Å². The van der Waals surface area contributed by atoms with Gasteiger partial charge in [0.15, 0.2) is 0 Å². The van der Waals surface area contributed by atoms with Crippen molar-refractivity contribution in [1.29, 1.82) is 0 Å². The Bertz CT molecular complexity index is 761. The molecule has 0 atom stereocenters. The Hall–Kier alpha value is -1.65. The van der Waals surface area contributed by atoms with Gasteiger partial charge in [0.2, 0.25) is 9.84 Å². The molecule has 5 heteroatoms. The normalized spacial score (nSPS) is 15.0. The lowest BCUT2D eigenvalue weighted by atomic mass is 9.85. The van der Waals surface area contributed by atoms with Crippen molar-refractivity contribution in [2.24, 2.45) is 11.3 Å². The van der Waals surface area contributed by atoms with Crippen LogP contribution in [0.3, 0.4) is 0 Å². The molecule has 0 bridgehead atoms. The zero-order valence-electron chi connectivity index (χ0n) is 15.8. The smallest absolute Gasteiger partial charge is 0.210 e. The van der Waals surface area contributed by atoms with Crippen LogP contribution in [0.25, 0.3) is 0 Å². The van der Waals surface area contributed by atoms with E-state index in [-0.39, 0.29) is 16.2 Å². The van der Waals surface area contributed by atoms with Crippen molar-refractivity contribution in [3.63, 3.8) is 0 Å². The monoisotopic (exact) mass is 376 g/mol. The van der Waals surface area contributed by atoms with Crippen molar-refractivity contribution in [2.75, 3.05) is 27.4 Å². The molecule has 142 valence electrons. The maximum atomic E-state index is 13.2. The van der Waals surface area contributed by atoms with E-state index in [0.29, 0.717) is 19.1 Å². The maximum absolute atomic E-state index is 13.2. The fourth-order valence-electron chi connectivity index (χ4n) is 2.99. The van der Waals surface area contributed by atoms with Gasteiger partial charge in [-0.15, -0.1) is 5.73 Å². The minimum absolute atomic E-state index is 0.277. The van der Waals surface area contributed by atoms with E-state index >= 15 is 0 Å². The number of allylic oxidation sites excluding steroid dienone is 2. The van der Waals surface area contributed by atoms with Gasteiger partial charge in [0, 0.05) is 26.1 Å². The van der Waals surface area contributed by atoms with Gasteiger partial charge in [-0.05, 0) is 43.9 Å². The molecule has 1 aliphatic carbocycles. The highest BCUT2D eigenvalue weighted by Crippen LogP contribution is 2.35. The van der Waals surface area contributed by atoms with Gasteiger partial charge < -0.3 is 9.47 Å². The average Bonchev–Trinajstić information content (AvgIpc) is 3.44. The first-order valence-corrected chi connectivity index (χ1v) is 10.3. The largest absolute Gasteiger partial charge is 0.384 e. The average molecular weight is 377 g/mol. The van der Waals surface area contributed by atoms with E-state index < -0.39 is 15.3 Å². The number of ether oxygens (including phenoxy) is 2. The highest BCUT2D eigenvalue weighted by molar-refractivity contribution is 7.95. The van der Waals surface area contributed by atoms with Gasteiger partial charge in [-0.3, -0.25) is 0 Å². The molecule has 1 aliphatic rings. The summed E-state index contributed by atoms with van der Waals surface area (Å²) in [5.74, 6) is 0.442. The quantitative estimate of drug-likeness (QED) is 0.455. The first-order valence-electron chi connectivity index (χ1n) is 8.85. The Balaban J connectivity index is 2.49. The number of hydrogen-bond donors (Lipinski definition) is 0. The van der Waals surface area contributed by atoms with E-state index in [4.69, 9.17) is 9.47 Å². The summed E-state index contributed by atoms with van der Waals surface area (Å²) in [6, 6.07) is 8.52. The van der Waals surface area contributed by atoms with Crippen molar-refractivity contribution >= 4 is 9.84 Å². The molecule has 4 nitrogen and oxygen atoms in total. The zero-order chi connectivity index (χ0) is 19.0. The van der Waals surface area contributed by atoms with Crippen LogP contribution in [0.4, 0.5) is 0 Å². The second kappa shape index (κ2) is 9.33. The van der Waals surface area contributed by atoms with Crippen LogP contribution >= 0.6 is 0 Å². The van der Waals surface area contributed by atoms with Crippen molar-refractivity contribution in [1.82, 2.24) is 0 Å². The predicted octanol–water partition coefficient (Wildman–Crippen LogP) is 4.15. The summed E-state index contributed by atoms with van der Waals surface area (Å²) in [4.78, 5) is 0.568. The fourth-order valence-corrected chi connectivity index (χ4v) is 4.49. The third kappa shape index (κ3) is 5.42. The molecule has 1 fully saturated rings. The van der Waals surface area contributed by atoms with Crippen molar-refractivity contribution in [3.05, 3.63) is 59.2 Å².